The number of ether oxygens (including phenoxy) is 1. The Morgan fingerprint density at radius 3 is 2.48 bits per heavy atom. The molecule has 0 radical (unpaired) electrons. The summed E-state index contributed by atoms with van der Waals surface area (Å²) in [6.07, 6.45) is 1.94. The minimum absolute atomic E-state index is 0.0473. The molecule has 6 heteroatoms. The van der Waals surface area contributed by atoms with Crippen molar-refractivity contribution in [2.45, 2.75) is 46.1 Å². The summed E-state index contributed by atoms with van der Waals surface area (Å²) in [4.78, 5) is 25.4. The van der Waals surface area contributed by atoms with Crippen LogP contribution < -0.4 is 5.32 Å². The van der Waals surface area contributed by atoms with E-state index in [9.17, 15) is 14.7 Å². The maximum Gasteiger partial charge on any atom is 0.317 e. The van der Waals surface area contributed by atoms with E-state index in [4.69, 9.17) is 4.74 Å². The number of aliphatic carboxylic acids is 1. The summed E-state index contributed by atoms with van der Waals surface area (Å²) in [7, 11) is 1.66. The zero-order valence-corrected chi connectivity index (χ0v) is 13.5. The number of hydrogen-bond donors (Lipinski definition) is 2. The first kappa shape index (κ1) is 17.8. The van der Waals surface area contributed by atoms with Crippen LogP contribution >= 0.6 is 0 Å². The van der Waals surface area contributed by atoms with E-state index in [2.05, 4.69) is 12.2 Å². The first-order valence-corrected chi connectivity index (χ1v) is 7.69. The van der Waals surface area contributed by atoms with Gasteiger partial charge in [-0.3, -0.25) is 4.79 Å². The number of carboxylic acid groups (broad SMARTS) is 1. The third-order valence-corrected chi connectivity index (χ3v) is 4.86. The van der Waals surface area contributed by atoms with Gasteiger partial charge in [-0.25, -0.2) is 4.79 Å². The first-order chi connectivity index (χ1) is 9.90. The second kappa shape index (κ2) is 7.64. The quantitative estimate of drug-likeness (QED) is 0.786. The topological polar surface area (TPSA) is 78.9 Å². The number of urea groups is 1. The zero-order valence-electron chi connectivity index (χ0n) is 13.5. The van der Waals surface area contributed by atoms with Crippen LogP contribution in [0, 0.1) is 11.3 Å². The summed E-state index contributed by atoms with van der Waals surface area (Å²) in [5, 5.41) is 12.2. The number of carbonyl (C=O) groups excluding carboxylic acids is 1. The van der Waals surface area contributed by atoms with Crippen molar-refractivity contribution in [2.75, 3.05) is 26.7 Å². The Bertz CT molecular complexity index is 369. The van der Waals surface area contributed by atoms with Gasteiger partial charge in [0, 0.05) is 26.7 Å². The van der Waals surface area contributed by atoms with Crippen LogP contribution in [0.25, 0.3) is 0 Å². The molecule has 2 N–H and O–H groups in total. The fraction of sp³-hybridized carbons (Fsp3) is 0.867. The van der Waals surface area contributed by atoms with Crippen molar-refractivity contribution in [3.05, 3.63) is 0 Å². The predicted molar refractivity (Wildman–Crippen MR) is 80.2 cm³/mol. The van der Waals surface area contributed by atoms with E-state index in [1.165, 1.54) is 0 Å². The van der Waals surface area contributed by atoms with Gasteiger partial charge < -0.3 is 20.1 Å². The largest absolute Gasteiger partial charge is 0.481 e. The highest BCUT2D eigenvalue weighted by Gasteiger charge is 2.36. The van der Waals surface area contributed by atoms with Gasteiger partial charge >= 0.3 is 12.0 Å². The van der Waals surface area contributed by atoms with E-state index < -0.39 is 11.4 Å². The normalized spacial score (nSPS) is 23.0. The molecule has 0 aromatic rings. The Morgan fingerprint density at radius 1 is 1.38 bits per heavy atom. The molecular weight excluding hydrogens is 272 g/mol. The van der Waals surface area contributed by atoms with E-state index in [1.807, 2.05) is 13.8 Å². The second-order valence-corrected chi connectivity index (χ2v) is 5.94. The molecule has 1 fully saturated rings. The molecule has 0 aromatic heterocycles. The lowest BCUT2D eigenvalue weighted by Crippen LogP contribution is -2.52. The highest BCUT2D eigenvalue weighted by atomic mass is 16.5. The molecule has 0 bridgehead atoms. The highest BCUT2D eigenvalue weighted by molar-refractivity contribution is 5.78. The molecule has 2 unspecified atom stereocenters. The van der Waals surface area contributed by atoms with Gasteiger partial charge in [0.1, 0.15) is 0 Å². The van der Waals surface area contributed by atoms with Gasteiger partial charge in [-0.15, -0.1) is 0 Å². The number of rotatable bonds is 6. The number of nitrogens with one attached hydrogen (secondary N) is 1. The Morgan fingerprint density at radius 2 is 2.00 bits per heavy atom. The molecule has 2 atom stereocenters. The van der Waals surface area contributed by atoms with Crippen molar-refractivity contribution in [3.63, 3.8) is 0 Å². The number of amides is 2. The molecule has 1 saturated heterocycles. The molecule has 122 valence electrons. The molecule has 21 heavy (non-hydrogen) atoms. The molecule has 1 rings (SSSR count). The van der Waals surface area contributed by atoms with Crippen molar-refractivity contribution in [3.8, 4) is 0 Å². The second-order valence-electron chi connectivity index (χ2n) is 5.94. The van der Waals surface area contributed by atoms with Crippen molar-refractivity contribution >= 4 is 12.0 Å². The lowest BCUT2D eigenvalue weighted by atomic mass is 9.82. The molecule has 2 amide bonds. The number of likely N-dealkylation sites (tertiary alicyclic amines) is 1. The van der Waals surface area contributed by atoms with Gasteiger partial charge in [0.25, 0.3) is 0 Å². The molecule has 0 aliphatic carbocycles. The fourth-order valence-electron chi connectivity index (χ4n) is 2.76. The maximum atomic E-state index is 12.2. The van der Waals surface area contributed by atoms with Crippen molar-refractivity contribution in [1.29, 1.82) is 0 Å². The minimum atomic E-state index is -0.876. The molecular formula is C15H28N2O4. The van der Waals surface area contributed by atoms with Crippen LogP contribution in [0.15, 0.2) is 0 Å². The molecule has 1 aliphatic rings. The van der Waals surface area contributed by atoms with Crippen molar-refractivity contribution in [2.24, 2.45) is 11.3 Å². The van der Waals surface area contributed by atoms with Gasteiger partial charge in [0.05, 0.1) is 11.5 Å². The van der Waals surface area contributed by atoms with Crippen LogP contribution in [0.5, 0.6) is 0 Å². The zero-order chi connectivity index (χ0) is 16.0. The van der Waals surface area contributed by atoms with Gasteiger partial charge in [-0.1, -0.05) is 20.8 Å². The van der Waals surface area contributed by atoms with E-state index in [1.54, 1.807) is 12.0 Å². The average molecular weight is 300 g/mol. The van der Waals surface area contributed by atoms with Crippen molar-refractivity contribution in [1.82, 2.24) is 10.2 Å². The van der Waals surface area contributed by atoms with Crippen LogP contribution in [0.3, 0.4) is 0 Å². The molecule has 0 saturated carbocycles. The van der Waals surface area contributed by atoms with E-state index >= 15 is 0 Å². The summed E-state index contributed by atoms with van der Waals surface area (Å²) in [5.74, 6) is -0.418. The lowest BCUT2D eigenvalue weighted by Gasteiger charge is -2.37. The first-order valence-electron chi connectivity index (χ1n) is 7.69. The molecule has 0 aromatic carbocycles. The van der Waals surface area contributed by atoms with Crippen LogP contribution in [0.2, 0.25) is 0 Å². The highest BCUT2D eigenvalue weighted by Crippen LogP contribution is 2.26. The van der Waals surface area contributed by atoms with Gasteiger partial charge in [-0.05, 0) is 25.2 Å². The van der Waals surface area contributed by atoms with E-state index in [0.29, 0.717) is 31.8 Å². The molecule has 6 nitrogen and oxygen atoms in total. The average Bonchev–Trinajstić information content (AvgIpc) is 2.48. The standard InChI is InChI=1S/C15H28N2O4/c1-5-15(6-2,13(18)19)10-16-14(20)17-8-7-11(3)12(9-17)21-4/h11-12H,5-10H2,1-4H3,(H,16,20)(H,18,19). The summed E-state index contributed by atoms with van der Waals surface area (Å²) in [6.45, 7) is 7.21. The van der Waals surface area contributed by atoms with E-state index in [-0.39, 0.29) is 18.7 Å². The Hall–Kier alpha value is -1.30. The van der Waals surface area contributed by atoms with Crippen molar-refractivity contribution < 1.29 is 19.4 Å². The summed E-state index contributed by atoms with van der Waals surface area (Å²) in [5.41, 5.74) is -0.876. The Kier molecular flexibility index (Phi) is 6.45. The monoisotopic (exact) mass is 300 g/mol. The van der Waals surface area contributed by atoms with Crippen LogP contribution in [-0.4, -0.2) is 54.9 Å². The number of nitrogens with zero attached hydrogens (tertiary/aromatic N) is 1. The van der Waals surface area contributed by atoms with Crippen LogP contribution in [-0.2, 0) is 9.53 Å². The molecule has 0 spiro atoms. The van der Waals surface area contributed by atoms with Gasteiger partial charge in [0.2, 0.25) is 0 Å². The number of carbonyl (C=O) groups is 2. The minimum Gasteiger partial charge on any atom is -0.481 e. The maximum absolute atomic E-state index is 12.2. The fourth-order valence-corrected chi connectivity index (χ4v) is 2.76. The SMILES string of the molecule is CCC(CC)(CNC(=O)N1CCC(C)C(OC)C1)C(=O)O. The number of piperidine rings is 1. The smallest absolute Gasteiger partial charge is 0.317 e. The van der Waals surface area contributed by atoms with Crippen LogP contribution in [0.1, 0.15) is 40.0 Å². The summed E-state index contributed by atoms with van der Waals surface area (Å²) >= 11 is 0. The molecule has 1 heterocycles. The third kappa shape index (κ3) is 4.09. The van der Waals surface area contributed by atoms with Gasteiger partial charge in [-0.2, -0.15) is 0 Å². The predicted octanol–water partition coefficient (Wildman–Crippen LogP) is 1.94. The number of carboxylic acids is 1. The lowest BCUT2D eigenvalue weighted by molar-refractivity contribution is -0.149. The van der Waals surface area contributed by atoms with Crippen LogP contribution in [0.4, 0.5) is 4.79 Å². The Balaban J connectivity index is 2.59. The third-order valence-electron chi connectivity index (χ3n) is 4.86. The number of hydrogen-bond acceptors (Lipinski definition) is 3. The Labute approximate surface area is 126 Å². The molecule has 1 aliphatic heterocycles. The number of methoxy groups -OCH3 is 1. The van der Waals surface area contributed by atoms with E-state index in [0.717, 1.165) is 6.42 Å². The van der Waals surface area contributed by atoms with Gasteiger partial charge in [0.15, 0.2) is 0 Å². The summed E-state index contributed by atoms with van der Waals surface area (Å²) in [6, 6.07) is -0.198. The summed E-state index contributed by atoms with van der Waals surface area (Å²) < 4.78 is 5.39.